The molecule has 6 heteroatoms. The van der Waals surface area contributed by atoms with Gasteiger partial charge in [-0.15, -0.1) is 0 Å². The van der Waals surface area contributed by atoms with Crippen LogP contribution in [0.3, 0.4) is 0 Å². The summed E-state index contributed by atoms with van der Waals surface area (Å²) in [6, 6.07) is 15.3. The number of halogens is 1. The van der Waals surface area contributed by atoms with Crippen LogP contribution in [0.15, 0.2) is 48.5 Å². The summed E-state index contributed by atoms with van der Waals surface area (Å²) in [5, 5.41) is 13.1. The Morgan fingerprint density at radius 2 is 1.89 bits per heavy atom. The highest BCUT2D eigenvalue weighted by Crippen LogP contribution is 2.18. The Bertz CT molecular complexity index is 774. The number of carbonyl (C=O) groups is 1. The smallest absolute Gasteiger partial charge is 0.261 e. The van der Waals surface area contributed by atoms with Crippen molar-refractivity contribution in [3.05, 3.63) is 64.7 Å². The molecule has 150 valence electrons. The average Bonchev–Trinajstić information content (AvgIpc) is 2.69. The van der Waals surface area contributed by atoms with Crippen LogP contribution in [0, 0.1) is 0 Å². The van der Waals surface area contributed by atoms with E-state index in [1.165, 1.54) is 5.56 Å². The highest BCUT2D eigenvalue weighted by atomic mass is 35.5. The molecule has 0 aliphatic carbocycles. The Labute approximate surface area is 171 Å². The van der Waals surface area contributed by atoms with E-state index in [0.29, 0.717) is 17.3 Å². The molecule has 0 aromatic heterocycles. The lowest BCUT2D eigenvalue weighted by molar-refractivity contribution is -0.127. The molecule has 2 aromatic carbocycles. The average molecular weight is 403 g/mol. The third kappa shape index (κ3) is 6.23. The SMILES string of the molecule is CC(Oc1cccc(Cl)c1)C(=O)NCc1ccc(CN2CCC(O)CC2)cc1. The zero-order valence-electron chi connectivity index (χ0n) is 16.1. The lowest BCUT2D eigenvalue weighted by Crippen LogP contribution is -2.36. The van der Waals surface area contributed by atoms with Crippen LogP contribution in [0.4, 0.5) is 0 Å². The number of hydrogen-bond donors (Lipinski definition) is 2. The van der Waals surface area contributed by atoms with Crippen molar-refractivity contribution < 1.29 is 14.6 Å². The third-order valence-electron chi connectivity index (χ3n) is 4.93. The fourth-order valence-corrected chi connectivity index (χ4v) is 3.41. The normalized spacial score (nSPS) is 16.5. The van der Waals surface area contributed by atoms with Crippen molar-refractivity contribution in [2.45, 2.75) is 45.1 Å². The number of amides is 1. The van der Waals surface area contributed by atoms with Gasteiger partial charge < -0.3 is 15.2 Å². The van der Waals surface area contributed by atoms with E-state index >= 15 is 0 Å². The fourth-order valence-electron chi connectivity index (χ4n) is 3.23. The van der Waals surface area contributed by atoms with Gasteiger partial charge in [-0.2, -0.15) is 0 Å². The van der Waals surface area contributed by atoms with Crippen LogP contribution in [-0.2, 0) is 17.9 Å². The highest BCUT2D eigenvalue weighted by molar-refractivity contribution is 6.30. The minimum atomic E-state index is -0.604. The molecule has 0 spiro atoms. The van der Waals surface area contributed by atoms with Crippen LogP contribution in [0.5, 0.6) is 5.75 Å². The maximum atomic E-state index is 12.3. The third-order valence-corrected chi connectivity index (χ3v) is 5.17. The number of nitrogens with zero attached hydrogens (tertiary/aromatic N) is 1. The van der Waals surface area contributed by atoms with Gasteiger partial charge in [-0.1, -0.05) is 41.9 Å². The summed E-state index contributed by atoms with van der Waals surface area (Å²) in [7, 11) is 0. The molecule has 0 saturated carbocycles. The van der Waals surface area contributed by atoms with E-state index in [4.69, 9.17) is 16.3 Å². The molecule has 3 rings (SSSR count). The van der Waals surface area contributed by atoms with E-state index in [1.54, 1.807) is 31.2 Å². The molecule has 1 heterocycles. The first kappa shape index (κ1) is 20.6. The summed E-state index contributed by atoms with van der Waals surface area (Å²) in [4.78, 5) is 14.6. The molecule has 1 unspecified atom stereocenters. The fraction of sp³-hybridized carbons (Fsp3) is 0.409. The molecule has 1 aliphatic rings. The molecule has 5 nitrogen and oxygen atoms in total. The Morgan fingerprint density at radius 3 is 2.57 bits per heavy atom. The topological polar surface area (TPSA) is 61.8 Å². The van der Waals surface area contributed by atoms with E-state index in [2.05, 4.69) is 22.3 Å². The van der Waals surface area contributed by atoms with Crippen molar-refractivity contribution in [1.29, 1.82) is 0 Å². The Hall–Kier alpha value is -2.08. The molecule has 0 radical (unpaired) electrons. The molecule has 1 amide bonds. The van der Waals surface area contributed by atoms with Gasteiger partial charge in [-0.3, -0.25) is 9.69 Å². The minimum absolute atomic E-state index is 0.146. The molecule has 28 heavy (non-hydrogen) atoms. The number of piperidine rings is 1. The standard InChI is InChI=1S/C22H27ClN2O3/c1-16(28-21-4-2-3-19(23)13-21)22(27)24-14-17-5-7-18(8-6-17)15-25-11-9-20(26)10-12-25/h2-8,13,16,20,26H,9-12,14-15H2,1H3,(H,24,27). The van der Waals surface area contributed by atoms with Crippen molar-refractivity contribution in [3.63, 3.8) is 0 Å². The molecule has 1 aliphatic heterocycles. The second-order valence-corrected chi connectivity index (χ2v) is 7.70. The predicted octanol–water partition coefficient (Wildman–Crippen LogP) is 3.38. The Morgan fingerprint density at radius 1 is 1.21 bits per heavy atom. The van der Waals surface area contributed by atoms with Crippen molar-refractivity contribution in [3.8, 4) is 5.75 Å². The van der Waals surface area contributed by atoms with Crippen LogP contribution in [0.1, 0.15) is 30.9 Å². The number of ether oxygens (including phenoxy) is 1. The zero-order chi connectivity index (χ0) is 19.9. The van der Waals surface area contributed by atoms with Gasteiger partial charge in [0.15, 0.2) is 6.10 Å². The zero-order valence-corrected chi connectivity index (χ0v) is 16.9. The van der Waals surface area contributed by atoms with Crippen LogP contribution < -0.4 is 10.1 Å². The molecule has 2 aromatic rings. The van der Waals surface area contributed by atoms with E-state index in [0.717, 1.165) is 38.0 Å². The number of likely N-dealkylation sites (tertiary alicyclic amines) is 1. The summed E-state index contributed by atoms with van der Waals surface area (Å²) < 4.78 is 5.64. The molecule has 1 atom stereocenters. The number of benzene rings is 2. The van der Waals surface area contributed by atoms with Gasteiger partial charge in [0.05, 0.1) is 6.10 Å². The first-order valence-electron chi connectivity index (χ1n) is 9.68. The molecule has 0 bridgehead atoms. The van der Waals surface area contributed by atoms with E-state index in [9.17, 15) is 9.90 Å². The van der Waals surface area contributed by atoms with Gasteiger partial charge in [-0.05, 0) is 49.1 Å². The van der Waals surface area contributed by atoms with E-state index < -0.39 is 6.10 Å². The maximum absolute atomic E-state index is 12.3. The summed E-state index contributed by atoms with van der Waals surface area (Å²) in [5.74, 6) is 0.403. The first-order valence-corrected chi connectivity index (χ1v) is 10.1. The monoisotopic (exact) mass is 402 g/mol. The van der Waals surface area contributed by atoms with Crippen LogP contribution in [0.25, 0.3) is 0 Å². The lowest BCUT2D eigenvalue weighted by atomic mass is 10.1. The quantitative estimate of drug-likeness (QED) is 0.745. The number of aliphatic hydroxyl groups is 1. The number of rotatable bonds is 7. The molecule has 2 N–H and O–H groups in total. The van der Waals surface area contributed by atoms with E-state index in [-0.39, 0.29) is 12.0 Å². The van der Waals surface area contributed by atoms with Crippen molar-refractivity contribution >= 4 is 17.5 Å². The summed E-state index contributed by atoms with van der Waals surface area (Å²) in [6.45, 7) is 4.93. The van der Waals surface area contributed by atoms with E-state index in [1.807, 2.05) is 12.1 Å². The second kappa shape index (κ2) is 9.92. The number of hydrogen-bond acceptors (Lipinski definition) is 4. The summed E-state index contributed by atoms with van der Waals surface area (Å²) in [5.41, 5.74) is 2.28. The Kier molecular flexibility index (Phi) is 7.31. The van der Waals surface area contributed by atoms with Crippen molar-refractivity contribution in [2.75, 3.05) is 13.1 Å². The number of nitrogens with one attached hydrogen (secondary N) is 1. The van der Waals surface area contributed by atoms with Crippen LogP contribution >= 0.6 is 11.6 Å². The van der Waals surface area contributed by atoms with Crippen molar-refractivity contribution in [1.82, 2.24) is 10.2 Å². The number of aliphatic hydroxyl groups excluding tert-OH is 1. The molecular weight excluding hydrogens is 376 g/mol. The highest BCUT2D eigenvalue weighted by Gasteiger charge is 2.17. The molecular formula is C22H27ClN2O3. The summed E-state index contributed by atoms with van der Waals surface area (Å²) >= 11 is 5.94. The van der Waals surface area contributed by atoms with Gasteiger partial charge in [0.2, 0.25) is 0 Å². The lowest BCUT2D eigenvalue weighted by Gasteiger charge is -2.29. The molecule has 1 fully saturated rings. The van der Waals surface area contributed by atoms with Gasteiger partial charge in [0.1, 0.15) is 5.75 Å². The minimum Gasteiger partial charge on any atom is -0.481 e. The summed E-state index contributed by atoms with van der Waals surface area (Å²) in [6.07, 6.45) is 0.943. The second-order valence-electron chi connectivity index (χ2n) is 7.26. The van der Waals surface area contributed by atoms with Gasteiger partial charge in [0.25, 0.3) is 5.91 Å². The molecule has 1 saturated heterocycles. The Balaban J connectivity index is 1.44. The predicted molar refractivity (Wildman–Crippen MR) is 110 cm³/mol. The first-order chi connectivity index (χ1) is 13.5. The van der Waals surface area contributed by atoms with Crippen LogP contribution in [0.2, 0.25) is 5.02 Å². The largest absolute Gasteiger partial charge is 0.481 e. The van der Waals surface area contributed by atoms with Crippen LogP contribution in [-0.4, -0.2) is 41.2 Å². The van der Waals surface area contributed by atoms with Gasteiger partial charge >= 0.3 is 0 Å². The van der Waals surface area contributed by atoms with Gasteiger partial charge in [-0.25, -0.2) is 0 Å². The van der Waals surface area contributed by atoms with Gasteiger partial charge in [0, 0.05) is 31.2 Å². The van der Waals surface area contributed by atoms with Crippen molar-refractivity contribution in [2.24, 2.45) is 0 Å². The number of carbonyl (C=O) groups excluding carboxylic acids is 1. The maximum Gasteiger partial charge on any atom is 0.261 e.